The predicted octanol–water partition coefficient (Wildman–Crippen LogP) is 2.20. The molecule has 0 atom stereocenters. The molecule has 20 heavy (non-hydrogen) atoms. The summed E-state index contributed by atoms with van der Waals surface area (Å²) in [6.45, 7) is 0. The van der Waals surface area contributed by atoms with Crippen molar-refractivity contribution >= 4 is 23.4 Å². The molecule has 0 bridgehead atoms. The van der Waals surface area contributed by atoms with Crippen molar-refractivity contribution < 1.29 is 9.53 Å². The zero-order chi connectivity index (χ0) is 13.9. The van der Waals surface area contributed by atoms with E-state index in [0.717, 1.165) is 12.2 Å². The first-order chi connectivity index (χ1) is 9.79. The standard InChI is InChI=1S/C14H17N3O2S/c1-19-14(18)11-3-2-6-17-12(15-16-13(11)17)9-10-4-7-20-8-5-10/h2-3,6,10H,4-5,7-9H2,1H3. The van der Waals surface area contributed by atoms with Crippen LogP contribution in [0.15, 0.2) is 18.3 Å². The molecule has 2 aromatic heterocycles. The van der Waals surface area contributed by atoms with Gasteiger partial charge in [-0.05, 0) is 42.4 Å². The smallest absolute Gasteiger partial charge is 0.341 e. The first-order valence-electron chi connectivity index (χ1n) is 6.78. The molecule has 6 heteroatoms. The van der Waals surface area contributed by atoms with Gasteiger partial charge in [-0.25, -0.2) is 4.79 Å². The Kier molecular flexibility index (Phi) is 3.91. The minimum Gasteiger partial charge on any atom is -0.465 e. The number of carbonyl (C=O) groups is 1. The number of aromatic nitrogens is 3. The number of thioether (sulfide) groups is 1. The van der Waals surface area contributed by atoms with Crippen LogP contribution in [0.5, 0.6) is 0 Å². The summed E-state index contributed by atoms with van der Waals surface area (Å²) in [6.07, 6.45) is 5.30. The molecule has 106 valence electrons. The van der Waals surface area contributed by atoms with Crippen LogP contribution in [-0.4, -0.2) is 39.2 Å². The molecule has 1 aliphatic rings. The number of carbonyl (C=O) groups excluding carboxylic acids is 1. The molecule has 0 spiro atoms. The lowest BCUT2D eigenvalue weighted by atomic mass is 9.98. The van der Waals surface area contributed by atoms with Crippen molar-refractivity contribution in [2.24, 2.45) is 5.92 Å². The van der Waals surface area contributed by atoms with Gasteiger partial charge < -0.3 is 4.74 Å². The second-order valence-corrected chi connectivity index (χ2v) is 6.21. The van der Waals surface area contributed by atoms with Crippen LogP contribution in [0.1, 0.15) is 29.0 Å². The summed E-state index contributed by atoms with van der Waals surface area (Å²) in [4.78, 5) is 11.7. The molecule has 0 N–H and O–H groups in total. The lowest BCUT2D eigenvalue weighted by molar-refractivity contribution is 0.0602. The minimum absolute atomic E-state index is 0.372. The Morgan fingerprint density at radius 1 is 1.45 bits per heavy atom. The second-order valence-electron chi connectivity index (χ2n) is 4.98. The van der Waals surface area contributed by atoms with E-state index in [-0.39, 0.29) is 5.97 Å². The van der Waals surface area contributed by atoms with Crippen LogP contribution in [-0.2, 0) is 11.2 Å². The quantitative estimate of drug-likeness (QED) is 0.811. The minimum atomic E-state index is -0.372. The maximum absolute atomic E-state index is 11.7. The van der Waals surface area contributed by atoms with Gasteiger partial charge in [0.2, 0.25) is 0 Å². The molecular weight excluding hydrogens is 274 g/mol. The van der Waals surface area contributed by atoms with Crippen molar-refractivity contribution in [1.82, 2.24) is 14.6 Å². The van der Waals surface area contributed by atoms with E-state index < -0.39 is 0 Å². The molecule has 2 aromatic rings. The number of pyridine rings is 1. The summed E-state index contributed by atoms with van der Waals surface area (Å²) in [6, 6.07) is 3.56. The largest absolute Gasteiger partial charge is 0.465 e. The molecule has 1 aliphatic heterocycles. The molecule has 0 saturated carbocycles. The fourth-order valence-electron chi connectivity index (χ4n) is 2.58. The van der Waals surface area contributed by atoms with Gasteiger partial charge in [-0.1, -0.05) is 0 Å². The molecule has 0 radical (unpaired) electrons. The van der Waals surface area contributed by atoms with Crippen LogP contribution in [0.3, 0.4) is 0 Å². The zero-order valence-corrected chi connectivity index (χ0v) is 12.2. The van der Waals surface area contributed by atoms with Crippen molar-refractivity contribution in [3.05, 3.63) is 29.7 Å². The summed E-state index contributed by atoms with van der Waals surface area (Å²) in [7, 11) is 1.38. The Labute approximate surface area is 121 Å². The van der Waals surface area contributed by atoms with Gasteiger partial charge >= 0.3 is 5.97 Å². The highest BCUT2D eigenvalue weighted by atomic mass is 32.2. The Balaban J connectivity index is 1.91. The number of ether oxygens (including phenoxy) is 1. The number of fused-ring (bicyclic) bond motifs is 1. The van der Waals surface area contributed by atoms with Gasteiger partial charge in [0, 0.05) is 12.6 Å². The summed E-state index contributed by atoms with van der Waals surface area (Å²) in [5.74, 6) is 3.69. The van der Waals surface area contributed by atoms with Gasteiger partial charge in [-0.3, -0.25) is 4.40 Å². The van der Waals surface area contributed by atoms with Crippen molar-refractivity contribution in [2.45, 2.75) is 19.3 Å². The van der Waals surface area contributed by atoms with E-state index >= 15 is 0 Å². The fourth-order valence-corrected chi connectivity index (χ4v) is 3.79. The lowest BCUT2D eigenvalue weighted by Crippen LogP contribution is -2.14. The van der Waals surface area contributed by atoms with E-state index in [1.165, 1.54) is 31.5 Å². The third-order valence-electron chi connectivity index (χ3n) is 3.72. The number of hydrogen-bond donors (Lipinski definition) is 0. The van der Waals surface area contributed by atoms with E-state index in [0.29, 0.717) is 17.1 Å². The average Bonchev–Trinajstić information content (AvgIpc) is 2.91. The zero-order valence-electron chi connectivity index (χ0n) is 11.4. The number of methoxy groups -OCH3 is 1. The van der Waals surface area contributed by atoms with Gasteiger partial charge in [-0.2, -0.15) is 11.8 Å². The first kappa shape index (κ1) is 13.4. The van der Waals surface area contributed by atoms with Crippen molar-refractivity contribution in [1.29, 1.82) is 0 Å². The Bertz CT molecular complexity index is 620. The Hall–Kier alpha value is -1.56. The van der Waals surface area contributed by atoms with Crippen LogP contribution in [0.4, 0.5) is 0 Å². The molecule has 0 aromatic carbocycles. The molecule has 0 unspecified atom stereocenters. The third-order valence-corrected chi connectivity index (χ3v) is 4.77. The highest BCUT2D eigenvalue weighted by Crippen LogP contribution is 2.25. The molecular formula is C14H17N3O2S. The monoisotopic (exact) mass is 291 g/mol. The highest BCUT2D eigenvalue weighted by molar-refractivity contribution is 7.99. The molecule has 5 nitrogen and oxygen atoms in total. The highest BCUT2D eigenvalue weighted by Gasteiger charge is 2.19. The van der Waals surface area contributed by atoms with Crippen LogP contribution < -0.4 is 0 Å². The van der Waals surface area contributed by atoms with Gasteiger partial charge in [0.25, 0.3) is 0 Å². The predicted molar refractivity (Wildman–Crippen MR) is 78.1 cm³/mol. The maximum atomic E-state index is 11.7. The van der Waals surface area contributed by atoms with Crippen molar-refractivity contribution in [3.63, 3.8) is 0 Å². The summed E-state index contributed by atoms with van der Waals surface area (Å²) in [5.41, 5.74) is 1.05. The maximum Gasteiger partial charge on any atom is 0.341 e. The molecule has 0 amide bonds. The molecule has 3 rings (SSSR count). The Morgan fingerprint density at radius 3 is 3.00 bits per heavy atom. The van der Waals surface area contributed by atoms with Crippen molar-refractivity contribution in [2.75, 3.05) is 18.6 Å². The fraction of sp³-hybridized carbons (Fsp3) is 0.500. The number of nitrogens with zero attached hydrogens (tertiary/aromatic N) is 3. The molecule has 0 aliphatic carbocycles. The normalized spacial score (nSPS) is 16.4. The van der Waals surface area contributed by atoms with E-state index in [4.69, 9.17) is 4.74 Å². The van der Waals surface area contributed by atoms with Crippen LogP contribution in [0, 0.1) is 5.92 Å². The summed E-state index contributed by atoms with van der Waals surface area (Å²) in [5, 5.41) is 8.43. The summed E-state index contributed by atoms with van der Waals surface area (Å²) < 4.78 is 6.69. The van der Waals surface area contributed by atoms with E-state index in [1.54, 1.807) is 6.07 Å². The van der Waals surface area contributed by atoms with Crippen molar-refractivity contribution in [3.8, 4) is 0 Å². The topological polar surface area (TPSA) is 56.5 Å². The molecule has 3 heterocycles. The SMILES string of the molecule is COC(=O)c1cccn2c(CC3CCSCC3)nnc12. The second kappa shape index (κ2) is 5.83. The first-order valence-corrected chi connectivity index (χ1v) is 7.93. The van der Waals surface area contributed by atoms with Crippen LogP contribution in [0.2, 0.25) is 0 Å². The van der Waals surface area contributed by atoms with Crippen LogP contribution >= 0.6 is 11.8 Å². The summed E-state index contributed by atoms with van der Waals surface area (Å²) >= 11 is 2.02. The number of esters is 1. The molecule has 1 fully saturated rings. The third kappa shape index (κ3) is 2.52. The van der Waals surface area contributed by atoms with Gasteiger partial charge in [0.15, 0.2) is 5.65 Å². The number of hydrogen-bond acceptors (Lipinski definition) is 5. The van der Waals surface area contributed by atoms with Gasteiger partial charge in [0.05, 0.1) is 7.11 Å². The average molecular weight is 291 g/mol. The lowest BCUT2D eigenvalue weighted by Gasteiger charge is -2.20. The van der Waals surface area contributed by atoms with E-state index in [2.05, 4.69) is 10.2 Å². The molecule has 1 saturated heterocycles. The number of rotatable bonds is 3. The van der Waals surface area contributed by atoms with Gasteiger partial charge in [-0.15, -0.1) is 10.2 Å². The van der Waals surface area contributed by atoms with E-state index in [1.807, 2.05) is 28.4 Å². The van der Waals surface area contributed by atoms with Gasteiger partial charge in [0.1, 0.15) is 11.4 Å². The van der Waals surface area contributed by atoms with Crippen LogP contribution in [0.25, 0.3) is 5.65 Å². The Morgan fingerprint density at radius 2 is 2.25 bits per heavy atom. The van der Waals surface area contributed by atoms with E-state index in [9.17, 15) is 4.79 Å².